The summed E-state index contributed by atoms with van der Waals surface area (Å²) in [7, 11) is 1.77. The molecular formula is C9H10FN3. The Labute approximate surface area is 75.0 Å². The van der Waals surface area contributed by atoms with Gasteiger partial charge in [-0.25, -0.2) is 4.39 Å². The van der Waals surface area contributed by atoms with E-state index < -0.39 is 0 Å². The zero-order valence-electron chi connectivity index (χ0n) is 7.29. The van der Waals surface area contributed by atoms with Crippen LogP contribution in [-0.4, -0.2) is 9.78 Å². The molecule has 2 aromatic rings. The molecule has 0 saturated carbocycles. The van der Waals surface area contributed by atoms with Crippen molar-refractivity contribution in [3.63, 3.8) is 0 Å². The molecule has 0 aliphatic carbocycles. The largest absolute Gasteiger partial charge is 0.326 e. The minimum Gasteiger partial charge on any atom is -0.326 e. The average molecular weight is 179 g/mol. The Morgan fingerprint density at radius 2 is 2.31 bits per heavy atom. The molecule has 1 aromatic heterocycles. The minimum atomic E-state index is -0.256. The van der Waals surface area contributed by atoms with E-state index in [1.165, 1.54) is 0 Å². The number of hydrogen-bond acceptors (Lipinski definition) is 2. The fraction of sp³-hybridized carbons (Fsp3) is 0.222. The first kappa shape index (κ1) is 8.19. The van der Waals surface area contributed by atoms with Crippen LogP contribution in [0.2, 0.25) is 0 Å². The topological polar surface area (TPSA) is 43.8 Å². The minimum absolute atomic E-state index is 0.219. The fourth-order valence-corrected chi connectivity index (χ4v) is 1.38. The molecule has 0 aliphatic heterocycles. The van der Waals surface area contributed by atoms with Gasteiger partial charge >= 0.3 is 0 Å². The molecule has 0 fully saturated rings. The van der Waals surface area contributed by atoms with Crippen molar-refractivity contribution in [3.05, 3.63) is 29.7 Å². The van der Waals surface area contributed by atoms with Crippen LogP contribution in [0.5, 0.6) is 0 Å². The van der Waals surface area contributed by atoms with Gasteiger partial charge in [0.2, 0.25) is 0 Å². The number of aromatic nitrogens is 2. The summed E-state index contributed by atoms with van der Waals surface area (Å²) in [6.45, 7) is 0.219. The van der Waals surface area contributed by atoms with E-state index in [0.717, 1.165) is 0 Å². The van der Waals surface area contributed by atoms with E-state index in [-0.39, 0.29) is 12.4 Å². The first-order valence-corrected chi connectivity index (χ1v) is 4.03. The van der Waals surface area contributed by atoms with Gasteiger partial charge in [-0.1, -0.05) is 6.07 Å². The van der Waals surface area contributed by atoms with Crippen molar-refractivity contribution in [2.24, 2.45) is 12.8 Å². The normalized spacial score (nSPS) is 11.0. The highest BCUT2D eigenvalue weighted by Crippen LogP contribution is 2.19. The Hall–Kier alpha value is -1.42. The van der Waals surface area contributed by atoms with E-state index in [1.807, 2.05) is 0 Å². The molecule has 0 spiro atoms. The summed E-state index contributed by atoms with van der Waals surface area (Å²) in [5.41, 5.74) is 6.57. The third-order valence-corrected chi connectivity index (χ3v) is 2.04. The third kappa shape index (κ3) is 1.19. The maximum absolute atomic E-state index is 13.5. The molecule has 0 radical (unpaired) electrons. The van der Waals surface area contributed by atoms with Crippen LogP contribution in [0.1, 0.15) is 5.56 Å². The molecule has 0 atom stereocenters. The summed E-state index contributed by atoms with van der Waals surface area (Å²) in [6.07, 6.45) is 1.66. The molecule has 1 aromatic carbocycles. The Morgan fingerprint density at radius 1 is 1.54 bits per heavy atom. The summed E-state index contributed by atoms with van der Waals surface area (Å²) in [5, 5.41) is 4.62. The van der Waals surface area contributed by atoms with E-state index in [0.29, 0.717) is 16.5 Å². The molecule has 13 heavy (non-hydrogen) atoms. The Bertz CT molecular complexity index is 447. The smallest absolute Gasteiger partial charge is 0.138 e. The van der Waals surface area contributed by atoms with E-state index >= 15 is 0 Å². The Balaban J connectivity index is 2.78. The lowest BCUT2D eigenvalue weighted by Gasteiger charge is -1.98. The van der Waals surface area contributed by atoms with Crippen LogP contribution in [-0.2, 0) is 13.6 Å². The van der Waals surface area contributed by atoms with Gasteiger partial charge in [-0.05, 0) is 6.07 Å². The average Bonchev–Trinajstić information content (AvgIpc) is 2.47. The molecule has 1 heterocycles. The summed E-state index contributed by atoms with van der Waals surface area (Å²) in [5.74, 6) is -0.256. The van der Waals surface area contributed by atoms with Crippen molar-refractivity contribution < 1.29 is 4.39 Å². The molecule has 4 heteroatoms. The van der Waals surface area contributed by atoms with Gasteiger partial charge in [-0.2, -0.15) is 5.10 Å². The lowest BCUT2D eigenvalue weighted by atomic mass is 10.1. The van der Waals surface area contributed by atoms with E-state index in [2.05, 4.69) is 5.10 Å². The van der Waals surface area contributed by atoms with E-state index in [4.69, 9.17) is 5.73 Å². The number of benzene rings is 1. The highest BCUT2D eigenvalue weighted by Gasteiger charge is 2.08. The van der Waals surface area contributed by atoms with Crippen LogP contribution in [0.25, 0.3) is 10.9 Å². The molecule has 0 saturated heterocycles. The van der Waals surface area contributed by atoms with Crippen molar-refractivity contribution in [2.45, 2.75) is 6.54 Å². The standard InChI is InChI=1S/C9H10FN3/c1-13-5-7-8(12-13)3-2-6(4-11)9(7)10/h2-3,5H,4,11H2,1H3. The van der Waals surface area contributed by atoms with Gasteiger partial charge in [0, 0.05) is 25.4 Å². The fourth-order valence-electron chi connectivity index (χ4n) is 1.38. The Morgan fingerprint density at radius 3 is 3.00 bits per heavy atom. The second-order valence-electron chi connectivity index (χ2n) is 2.98. The van der Waals surface area contributed by atoms with E-state index in [9.17, 15) is 4.39 Å². The zero-order valence-corrected chi connectivity index (χ0v) is 7.29. The highest BCUT2D eigenvalue weighted by atomic mass is 19.1. The van der Waals surface area contributed by atoms with Crippen LogP contribution >= 0.6 is 0 Å². The molecule has 0 amide bonds. The Kier molecular flexibility index (Phi) is 1.77. The maximum atomic E-state index is 13.5. The van der Waals surface area contributed by atoms with Crippen molar-refractivity contribution >= 4 is 10.9 Å². The number of hydrogen-bond donors (Lipinski definition) is 1. The first-order valence-electron chi connectivity index (χ1n) is 4.03. The van der Waals surface area contributed by atoms with Crippen LogP contribution in [0.4, 0.5) is 4.39 Å². The van der Waals surface area contributed by atoms with Crippen molar-refractivity contribution in [1.29, 1.82) is 0 Å². The highest BCUT2D eigenvalue weighted by molar-refractivity contribution is 5.79. The predicted molar refractivity (Wildman–Crippen MR) is 48.6 cm³/mol. The maximum Gasteiger partial charge on any atom is 0.138 e. The zero-order chi connectivity index (χ0) is 9.42. The summed E-state index contributed by atoms with van der Waals surface area (Å²) in [6, 6.07) is 3.45. The number of fused-ring (bicyclic) bond motifs is 1. The van der Waals surface area contributed by atoms with Gasteiger partial charge < -0.3 is 5.73 Å². The van der Waals surface area contributed by atoms with Gasteiger partial charge in [-0.3, -0.25) is 4.68 Å². The first-order chi connectivity index (χ1) is 6.22. The van der Waals surface area contributed by atoms with Gasteiger partial charge in [0.25, 0.3) is 0 Å². The van der Waals surface area contributed by atoms with Crippen LogP contribution in [0.3, 0.4) is 0 Å². The quantitative estimate of drug-likeness (QED) is 0.714. The summed E-state index contributed by atoms with van der Waals surface area (Å²) < 4.78 is 15.1. The molecule has 2 N–H and O–H groups in total. The van der Waals surface area contributed by atoms with Crippen LogP contribution in [0, 0.1) is 5.82 Å². The number of aryl methyl sites for hydroxylation is 1. The lowest BCUT2D eigenvalue weighted by Crippen LogP contribution is -1.99. The monoisotopic (exact) mass is 179 g/mol. The van der Waals surface area contributed by atoms with Crippen LogP contribution < -0.4 is 5.73 Å². The third-order valence-electron chi connectivity index (χ3n) is 2.04. The molecule has 0 bridgehead atoms. The second-order valence-corrected chi connectivity index (χ2v) is 2.98. The molecule has 0 aliphatic rings. The molecule has 68 valence electrons. The van der Waals surface area contributed by atoms with E-state index in [1.54, 1.807) is 30.1 Å². The van der Waals surface area contributed by atoms with Crippen molar-refractivity contribution in [2.75, 3.05) is 0 Å². The number of nitrogens with zero attached hydrogens (tertiary/aromatic N) is 2. The number of nitrogens with two attached hydrogens (primary N) is 1. The number of halogens is 1. The van der Waals surface area contributed by atoms with Crippen LogP contribution in [0.15, 0.2) is 18.3 Å². The SMILES string of the molecule is Cn1cc2c(F)c(CN)ccc2n1. The van der Waals surface area contributed by atoms with Gasteiger partial charge in [0.1, 0.15) is 5.82 Å². The van der Waals surface area contributed by atoms with Crippen molar-refractivity contribution in [1.82, 2.24) is 9.78 Å². The second kappa shape index (κ2) is 2.81. The predicted octanol–water partition coefficient (Wildman–Crippen LogP) is 1.17. The van der Waals surface area contributed by atoms with Gasteiger partial charge in [0.15, 0.2) is 0 Å². The van der Waals surface area contributed by atoms with Crippen molar-refractivity contribution in [3.8, 4) is 0 Å². The summed E-state index contributed by atoms with van der Waals surface area (Å²) >= 11 is 0. The molecule has 3 nitrogen and oxygen atoms in total. The number of rotatable bonds is 1. The molecule has 0 unspecified atom stereocenters. The molecular weight excluding hydrogens is 169 g/mol. The lowest BCUT2D eigenvalue weighted by molar-refractivity contribution is 0.622. The molecule has 2 rings (SSSR count). The van der Waals surface area contributed by atoms with Gasteiger partial charge in [0.05, 0.1) is 10.9 Å². The summed E-state index contributed by atoms with van der Waals surface area (Å²) in [4.78, 5) is 0. The van der Waals surface area contributed by atoms with Gasteiger partial charge in [-0.15, -0.1) is 0 Å².